The minimum absolute atomic E-state index is 0.0255. The smallest absolute Gasteiger partial charge is 0.339 e. The molecule has 0 spiro atoms. The molecule has 0 fully saturated rings. The van der Waals surface area contributed by atoms with Crippen LogP contribution in [0.1, 0.15) is 6.92 Å². The quantitative estimate of drug-likeness (QED) is 0.481. The zero-order chi connectivity index (χ0) is 9.02. The van der Waals surface area contributed by atoms with Crippen molar-refractivity contribution in [2.24, 2.45) is 0 Å². The summed E-state index contributed by atoms with van der Waals surface area (Å²) in [5, 5.41) is 9.26. The number of carbonyl (C=O) groups is 1. The Bertz CT molecular complexity index is 136. The topological polar surface area (TPSA) is 46.5 Å². The molecule has 0 aliphatic rings. The number of aliphatic hydroxyl groups excluding tert-OH is 1. The highest BCUT2D eigenvalue weighted by Crippen LogP contribution is 2.05. The van der Waals surface area contributed by atoms with E-state index in [2.05, 4.69) is 4.74 Å². The third-order valence-electron chi connectivity index (χ3n) is 1.63. The molecule has 0 saturated heterocycles. The Morgan fingerprint density at radius 1 is 1.55 bits per heavy atom. The van der Waals surface area contributed by atoms with E-state index < -0.39 is 12.1 Å². The molecule has 66 valence electrons. The largest absolute Gasteiger partial charge is 0.467 e. The highest BCUT2D eigenvalue weighted by molar-refractivity contribution is 7.96. The number of hydrogen-bond donors (Lipinski definition) is 1. The van der Waals surface area contributed by atoms with E-state index in [1.807, 2.05) is 19.4 Å². The van der Waals surface area contributed by atoms with Gasteiger partial charge in [0.15, 0.2) is 11.4 Å². The van der Waals surface area contributed by atoms with Crippen molar-refractivity contribution >= 4 is 16.9 Å². The van der Waals surface area contributed by atoms with Gasteiger partial charge in [-0.15, -0.1) is 0 Å². The maximum absolute atomic E-state index is 10.8. The summed E-state index contributed by atoms with van der Waals surface area (Å²) < 4.78 is 4.40. The third kappa shape index (κ3) is 3.12. The van der Waals surface area contributed by atoms with Crippen molar-refractivity contribution in [2.75, 3.05) is 19.6 Å². The summed E-state index contributed by atoms with van der Waals surface area (Å²) in [5.74, 6) is -0.543. The molecule has 3 nitrogen and oxygen atoms in total. The van der Waals surface area contributed by atoms with Gasteiger partial charge in [-0.3, -0.25) is 0 Å². The Labute approximate surface area is 70.1 Å². The van der Waals surface area contributed by atoms with Gasteiger partial charge in [0.25, 0.3) is 0 Å². The number of methoxy groups -OCH3 is 1. The first-order chi connectivity index (χ1) is 5.00. The molecular formula is C7H15O3S+. The first kappa shape index (κ1) is 10.8. The van der Waals surface area contributed by atoms with E-state index in [0.717, 1.165) is 0 Å². The second-order valence-electron chi connectivity index (χ2n) is 2.55. The normalized spacial score (nSPS) is 16.2. The fourth-order valence-electron chi connectivity index (χ4n) is 0.570. The average molecular weight is 179 g/mol. The maximum atomic E-state index is 10.8. The van der Waals surface area contributed by atoms with Gasteiger partial charge in [0.1, 0.15) is 0 Å². The van der Waals surface area contributed by atoms with Gasteiger partial charge in [-0.25, -0.2) is 4.79 Å². The van der Waals surface area contributed by atoms with Gasteiger partial charge in [0.2, 0.25) is 0 Å². The van der Waals surface area contributed by atoms with E-state index >= 15 is 0 Å². The molecule has 0 aromatic rings. The van der Waals surface area contributed by atoms with Crippen molar-refractivity contribution in [2.45, 2.75) is 18.3 Å². The lowest BCUT2D eigenvalue weighted by Crippen LogP contribution is -2.37. The number of aliphatic hydroxyl groups is 1. The Kier molecular flexibility index (Phi) is 4.52. The number of hydrogen-bond acceptors (Lipinski definition) is 3. The van der Waals surface area contributed by atoms with Gasteiger partial charge in [-0.05, 0) is 17.8 Å². The summed E-state index contributed by atoms with van der Waals surface area (Å²) in [5.41, 5.74) is 0. The highest BCUT2D eigenvalue weighted by atomic mass is 32.2. The molecule has 0 aromatic carbocycles. The fraction of sp³-hybridized carbons (Fsp3) is 0.857. The standard InChI is InChI=1S/C7H15O3S/c1-5(11(3)4)6(8)7(9)10-2/h5-6,8H,1-4H3/q+1. The molecule has 0 heterocycles. The Morgan fingerprint density at radius 3 is 2.27 bits per heavy atom. The molecule has 0 bridgehead atoms. The van der Waals surface area contributed by atoms with Crippen LogP contribution in [0, 0.1) is 0 Å². The molecule has 1 N–H and O–H groups in total. The molecule has 0 aliphatic carbocycles. The molecule has 2 unspecified atom stereocenters. The Morgan fingerprint density at radius 2 is 2.00 bits per heavy atom. The average Bonchev–Trinajstić information content (AvgIpc) is 2.00. The molecular weight excluding hydrogens is 164 g/mol. The number of esters is 1. The molecule has 0 saturated carbocycles. The third-order valence-corrected chi connectivity index (χ3v) is 3.38. The number of carbonyl (C=O) groups excluding carboxylic acids is 1. The van der Waals surface area contributed by atoms with Crippen molar-refractivity contribution in [1.29, 1.82) is 0 Å². The van der Waals surface area contributed by atoms with Crippen LogP contribution in [0.25, 0.3) is 0 Å². The fourth-order valence-corrected chi connectivity index (χ4v) is 1.20. The van der Waals surface area contributed by atoms with Gasteiger partial charge in [-0.2, -0.15) is 0 Å². The van der Waals surface area contributed by atoms with Gasteiger partial charge in [0.05, 0.1) is 19.6 Å². The van der Waals surface area contributed by atoms with E-state index in [4.69, 9.17) is 0 Å². The van der Waals surface area contributed by atoms with Crippen molar-refractivity contribution in [3.8, 4) is 0 Å². The number of ether oxygens (including phenoxy) is 1. The predicted octanol–water partition coefficient (Wildman–Crippen LogP) is -0.213. The van der Waals surface area contributed by atoms with Crippen LogP contribution in [0.2, 0.25) is 0 Å². The molecule has 0 amide bonds. The lowest BCUT2D eigenvalue weighted by atomic mass is 10.3. The summed E-state index contributed by atoms with van der Waals surface area (Å²) in [6.07, 6.45) is 2.99. The van der Waals surface area contributed by atoms with E-state index in [0.29, 0.717) is 0 Å². The van der Waals surface area contributed by atoms with E-state index in [1.165, 1.54) is 7.11 Å². The van der Waals surface area contributed by atoms with Crippen LogP contribution >= 0.6 is 0 Å². The van der Waals surface area contributed by atoms with Crippen LogP contribution in [0.15, 0.2) is 0 Å². The first-order valence-electron chi connectivity index (χ1n) is 3.33. The second kappa shape index (κ2) is 4.62. The second-order valence-corrected chi connectivity index (χ2v) is 5.06. The maximum Gasteiger partial charge on any atom is 0.339 e. The molecule has 0 rings (SSSR count). The molecule has 0 radical (unpaired) electrons. The van der Waals surface area contributed by atoms with Gasteiger partial charge >= 0.3 is 5.97 Å². The lowest BCUT2D eigenvalue weighted by molar-refractivity contribution is -0.150. The summed E-state index contributed by atoms with van der Waals surface area (Å²) in [6.45, 7) is 1.84. The van der Waals surface area contributed by atoms with Crippen molar-refractivity contribution in [3.05, 3.63) is 0 Å². The van der Waals surface area contributed by atoms with Crippen molar-refractivity contribution < 1.29 is 14.6 Å². The Balaban J connectivity index is 4.01. The van der Waals surface area contributed by atoms with E-state index in [-0.39, 0.29) is 16.1 Å². The molecule has 0 aromatic heterocycles. The van der Waals surface area contributed by atoms with Crippen LogP contribution in [0.5, 0.6) is 0 Å². The van der Waals surface area contributed by atoms with Gasteiger partial charge < -0.3 is 9.84 Å². The minimum atomic E-state index is -0.974. The summed E-state index contributed by atoms with van der Waals surface area (Å²) in [4.78, 5) is 10.8. The lowest BCUT2D eigenvalue weighted by Gasteiger charge is -2.12. The first-order valence-corrected chi connectivity index (χ1v) is 5.43. The van der Waals surface area contributed by atoms with Crippen LogP contribution in [0.3, 0.4) is 0 Å². The highest BCUT2D eigenvalue weighted by Gasteiger charge is 2.31. The van der Waals surface area contributed by atoms with Crippen LogP contribution in [-0.2, 0) is 20.4 Å². The summed E-state index contributed by atoms with van der Waals surface area (Å²) in [7, 11) is 1.32. The SMILES string of the molecule is COC(=O)C(O)C(C)[S+](C)C. The predicted molar refractivity (Wildman–Crippen MR) is 46.7 cm³/mol. The van der Waals surface area contributed by atoms with Crippen molar-refractivity contribution in [3.63, 3.8) is 0 Å². The van der Waals surface area contributed by atoms with Crippen molar-refractivity contribution in [1.82, 2.24) is 0 Å². The molecule has 2 atom stereocenters. The van der Waals surface area contributed by atoms with E-state index in [1.54, 1.807) is 0 Å². The van der Waals surface area contributed by atoms with Crippen LogP contribution in [-0.4, -0.2) is 42.1 Å². The zero-order valence-corrected chi connectivity index (χ0v) is 8.14. The molecule has 0 aliphatic heterocycles. The van der Waals surface area contributed by atoms with Crippen LogP contribution < -0.4 is 0 Å². The van der Waals surface area contributed by atoms with Gasteiger partial charge in [-0.1, -0.05) is 0 Å². The van der Waals surface area contributed by atoms with Gasteiger partial charge in [0, 0.05) is 0 Å². The summed E-state index contributed by atoms with van der Waals surface area (Å²) in [6, 6.07) is 0. The molecule has 4 heteroatoms. The molecule has 11 heavy (non-hydrogen) atoms. The summed E-state index contributed by atoms with van der Waals surface area (Å²) >= 11 is 0. The zero-order valence-electron chi connectivity index (χ0n) is 7.33. The minimum Gasteiger partial charge on any atom is -0.467 e. The van der Waals surface area contributed by atoms with Crippen LogP contribution in [0.4, 0.5) is 0 Å². The Hall–Kier alpha value is -0.220. The number of rotatable bonds is 3. The monoisotopic (exact) mass is 179 g/mol. The van der Waals surface area contributed by atoms with E-state index in [9.17, 15) is 9.90 Å².